The molecule has 42 heavy (non-hydrogen) atoms. The summed E-state index contributed by atoms with van der Waals surface area (Å²) < 4.78 is 16.5. The number of carbonyl (C=O) groups is 5. The van der Waals surface area contributed by atoms with Crippen LogP contribution in [0.5, 0.6) is 11.5 Å². The van der Waals surface area contributed by atoms with Crippen LogP contribution in [0.3, 0.4) is 0 Å². The van der Waals surface area contributed by atoms with Crippen molar-refractivity contribution in [3.05, 3.63) is 64.9 Å². The number of aliphatic hydroxyl groups excluding tert-OH is 1. The molecule has 2 heterocycles. The molecule has 4 N–H and O–H groups in total. The highest BCUT2D eigenvalue weighted by Crippen LogP contribution is 2.43. The van der Waals surface area contributed by atoms with E-state index in [4.69, 9.17) is 14.2 Å². The third-order valence-corrected chi connectivity index (χ3v) is 7.13. The molecule has 0 aliphatic carbocycles. The summed E-state index contributed by atoms with van der Waals surface area (Å²) in [5, 5.41) is 40.2. The van der Waals surface area contributed by atoms with Gasteiger partial charge in [-0.3, -0.25) is 9.59 Å². The lowest BCUT2D eigenvalue weighted by Crippen LogP contribution is -2.44. The number of phenolic OH excluding ortho intramolecular Hbond substituents is 2. The minimum absolute atomic E-state index is 0.0159. The maximum absolute atomic E-state index is 13.8. The lowest BCUT2D eigenvalue weighted by Gasteiger charge is -2.30. The summed E-state index contributed by atoms with van der Waals surface area (Å²) in [6.07, 6.45) is -2.82. The molecule has 0 radical (unpaired) electrons. The predicted molar refractivity (Wildman–Crippen MR) is 143 cm³/mol. The number of aliphatic hydroxyl groups is 1. The van der Waals surface area contributed by atoms with Gasteiger partial charge in [0.05, 0.1) is 18.1 Å². The number of carbonyl (C=O) groups excluding carboxylic acids is 4. The first-order valence-electron chi connectivity index (χ1n) is 13.3. The van der Waals surface area contributed by atoms with Gasteiger partial charge in [0.15, 0.2) is 0 Å². The molecule has 12 nitrogen and oxygen atoms in total. The van der Waals surface area contributed by atoms with Gasteiger partial charge in [0.2, 0.25) is 11.4 Å². The Hall–Kier alpha value is -4.87. The van der Waals surface area contributed by atoms with Crippen molar-refractivity contribution in [3.63, 3.8) is 0 Å². The highest BCUT2D eigenvalue weighted by atomic mass is 16.6. The number of ether oxygens (including phenoxy) is 3. The molecule has 3 unspecified atom stereocenters. The van der Waals surface area contributed by atoms with Crippen LogP contribution in [0.2, 0.25) is 0 Å². The SMILES string of the molecule is CC1CCCC(OC(=O)C2(CCC(=O)O)OC(=O)C(O)=C2c2ccccc2)CC(=O)Cc2cc(O)cc(O)c2C(=O)O1. The molecular formula is C30H30O12. The number of cyclic esters (lactones) is 2. The second-order valence-electron chi connectivity index (χ2n) is 10.3. The molecule has 2 aromatic carbocycles. The van der Waals surface area contributed by atoms with E-state index in [1.807, 2.05) is 0 Å². The Balaban J connectivity index is 1.67. The van der Waals surface area contributed by atoms with Crippen LogP contribution in [-0.2, 0) is 39.8 Å². The molecular weight excluding hydrogens is 552 g/mol. The summed E-state index contributed by atoms with van der Waals surface area (Å²) in [6.45, 7) is 1.63. The fourth-order valence-corrected chi connectivity index (χ4v) is 5.20. The number of carboxylic acid groups (broad SMARTS) is 1. The number of benzene rings is 2. The molecule has 0 fully saturated rings. The zero-order valence-electron chi connectivity index (χ0n) is 22.7. The number of Topliss-reactive ketones (excluding diaryl/α,β-unsaturated/α-hetero) is 1. The van der Waals surface area contributed by atoms with Crippen LogP contribution in [0, 0.1) is 0 Å². The fraction of sp³-hybridized carbons (Fsp3) is 0.367. The van der Waals surface area contributed by atoms with Crippen LogP contribution in [-0.4, -0.2) is 67.9 Å². The van der Waals surface area contributed by atoms with Gasteiger partial charge in [-0.05, 0) is 43.4 Å². The van der Waals surface area contributed by atoms with Crippen molar-refractivity contribution in [2.45, 2.75) is 69.7 Å². The number of ketones is 1. The van der Waals surface area contributed by atoms with E-state index >= 15 is 0 Å². The van der Waals surface area contributed by atoms with Gasteiger partial charge < -0.3 is 34.6 Å². The Bertz CT molecular complexity index is 1440. The average molecular weight is 583 g/mol. The summed E-state index contributed by atoms with van der Waals surface area (Å²) in [4.78, 5) is 63.7. The normalized spacial score (nSPS) is 23.2. The molecule has 0 spiro atoms. The van der Waals surface area contributed by atoms with Crippen LogP contribution in [0.1, 0.15) is 66.9 Å². The molecule has 12 heteroatoms. The molecule has 3 atom stereocenters. The molecule has 2 aliphatic rings. The smallest absolute Gasteiger partial charge is 0.375 e. The lowest BCUT2D eigenvalue weighted by atomic mass is 9.84. The topological polar surface area (TPSA) is 194 Å². The van der Waals surface area contributed by atoms with E-state index in [9.17, 15) is 44.4 Å². The maximum Gasteiger partial charge on any atom is 0.375 e. The molecule has 0 saturated heterocycles. The third-order valence-electron chi connectivity index (χ3n) is 7.13. The number of carboxylic acids is 1. The summed E-state index contributed by atoms with van der Waals surface area (Å²) in [5.41, 5.74) is -2.53. The Morgan fingerprint density at radius 3 is 2.43 bits per heavy atom. The van der Waals surface area contributed by atoms with Gasteiger partial charge in [-0.1, -0.05) is 30.3 Å². The molecule has 2 aliphatic heterocycles. The second kappa shape index (κ2) is 12.3. The van der Waals surface area contributed by atoms with Crippen molar-refractivity contribution in [2.75, 3.05) is 0 Å². The minimum Gasteiger partial charge on any atom is -0.508 e. The van der Waals surface area contributed by atoms with Crippen LogP contribution in [0.4, 0.5) is 0 Å². The standard InChI is InChI=1S/C30H30O12/c1-16-6-5-9-21(14-19(31)12-18-13-20(32)15-22(33)24(18)27(37)40-16)41-29(39)30(11-10-23(34)35)25(26(36)28(38)42-30)17-7-3-2-4-8-17/h2-4,7-8,13,15-16,21,32-33,36H,5-6,9-12,14H2,1H3,(H,34,35). The van der Waals surface area contributed by atoms with Gasteiger partial charge in [0.1, 0.15) is 28.9 Å². The molecule has 0 bridgehead atoms. The van der Waals surface area contributed by atoms with Crippen molar-refractivity contribution in [1.29, 1.82) is 0 Å². The van der Waals surface area contributed by atoms with Crippen LogP contribution in [0.15, 0.2) is 48.2 Å². The number of hydrogen-bond donors (Lipinski definition) is 4. The number of aliphatic carboxylic acids is 1. The molecule has 4 rings (SSSR count). The van der Waals surface area contributed by atoms with Gasteiger partial charge >= 0.3 is 23.9 Å². The van der Waals surface area contributed by atoms with Gasteiger partial charge in [-0.15, -0.1) is 0 Å². The number of rotatable bonds is 6. The average Bonchev–Trinajstić information content (AvgIpc) is 3.17. The number of phenols is 2. The van der Waals surface area contributed by atoms with E-state index in [0.29, 0.717) is 12.8 Å². The van der Waals surface area contributed by atoms with Gasteiger partial charge in [0, 0.05) is 25.3 Å². The quantitative estimate of drug-likeness (QED) is 0.287. The van der Waals surface area contributed by atoms with E-state index in [1.165, 1.54) is 12.1 Å². The Morgan fingerprint density at radius 2 is 1.74 bits per heavy atom. The van der Waals surface area contributed by atoms with Crippen LogP contribution >= 0.6 is 0 Å². The van der Waals surface area contributed by atoms with Gasteiger partial charge in [0.25, 0.3) is 0 Å². The van der Waals surface area contributed by atoms with Crippen LogP contribution in [0.25, 0.3) is 5.57 Å². The summed E-state index contributed by atoms with van der Waals surface area (Å²) in [7, 11) is 0. The second-order valence-corrected chi connectivity index (χ2v) is 10.3. The minimum atomic E-state index is -2.29. The lowest BCUT2D eigenvalue weighted by molar-refractivity contribution is -0.177. The Morgan fingerprint density at radius 1 is 1.02 bits per heavy atom. The van der Waals surface area contributed by atoms with Crippen molar-refractivity contribution < 1.29 is 58.6 Å². The number of fused-ring (bicyclic) bond motifs is 1. The first-order valence-corrected chi connectivity index (χ1v) is 13.3. The summed E-state index contributed by atoms with van der Waals surface area (Å²) in [6, 6.07) is 10.0. The van der Waals surface area contributed by atoms with Crippen molar-refractivity contribution >= 4 is 35.2 Å². The number of esters is 3. The molecule has 0 aromatic heterocycles. The van der Waals surface area contributed by atoms with Crippen molar-refractivity contribution in [3.8, 4) is 11.5 Å². The number of aromatic hydroxyl groups is 2. The highest BCUT2D eigenvalue weighted by molar-refractivity contribution is 6.11. The Labute approximate surface area is 240 Å². The first-order chi connectivity index (χ1) is 19.9. The molecule has 2 aromatic rings. The summed E-state index contributed by atoms with van der Waals surface area (Å²) in [5.74, 6) is -6.81. The zero-order chi connectivity index (χ0) is 30.6. The van der Waals surface area contributed by atoms with E-state index in [2.05, 4.69) is 0 Å². The van der Waals surface area contributed by atoms with Crippen LogP contribution < -0.4 is 0 Å². The first kappa shape index (κ1) is 30.1. The van der Waals surface area contributed by atoms with E-state index < -0.39 is 78.2 Å². The zero-order valence-corrected chi connectivity index (χ0v) is 22.7. The number of hydrogen-bond acceptors (Lipinski definition) is 11. The van der Waals surface area contributed by atoms with E-state index in [-0.39, 0.29) is 40.9 Å². The fourth-order valence-electron chi connectivity index (χ4n) is 5.20. The highest BCUT2D eigenvalue weighted by Gasteiger charge is 2.56. The molecule has 222 valence electrons. The monoisotopic (exact) mass is 582 g/mol. The van der Waals surface area contributed by atoms with Gasteiger partial charge in [-0.2, -0.15) is 0 Å². The van der Waals surface area contributed by atoms with Crippen molar-refractivity contribution in [1.82, 2.24) is 0 Å². The van der Waals surface area contributed by atoms with Crippen molar-refractivity contribution in [2.24, 2.45) is 0 Å². The summed E-state index contributed by atoms with van der Waals surface area (Å²) >= 11 is 0. The van der Waals surface area contributed by atoms with Gasteiger partial charge in [-0.25, -0.2) is 14.4 Å². The maximum atomic E-state index is 13.8. The van der Waals surface area contributed by atoms with E-state index in [1.54, 1.807) is 25.1 Å². The molecule has 0 amide bonds. The molecule has 0 saturated carbocycles. The third kappa shape index (κ3) is 6.37. The predicted octanol–water partition coefficient (Wildman–Crippen LogP) is 3.37. The largest absolute Gasteiger partial charge is 0.508 e. The van der Waals surface area contributed by atoms with E-state index in [0.717, 1.165) is 12.1 Å². The Kier molecular flexibility index (Phi) is 8.84.